The number of aliphatic hydroxyl groups excluding tert-OH is 1. The van der Waals surface area contributed by atoms with Crippen LogP contribution < -0.4 is 10.1 Å². The molecular formula is C12H20ClNO3. The summed E-state index contributed by atoms with van der Waals surface area (Å²) in [6.07, 6.45) is -0.503. The van der Waals surface area contributed by atoms with Crippen molar-refractivity contribution in [2.45, 2.75) is 6.10 Å². The van der Waals surface area contributed by atoms with E-state index in [2.05, 4.69) is 5.32 Å². The number of para-hydroxylation sites is 1. The quantitative estimate of drug-likeness (QED) is 0.688. The minimum Gasteiger partial charge on any atom is -0.491 e. The zero-order valence-corrected chi connectivity index (χ0v) is 10.8. The molecule has 0 bridgehead atoms. The molecule has 0 aliphatic carbocycles. The van der Waals surface area contributed by atoms with Gasteiger partial charge >= 0.3 is 0 Å². The third-order valence-corrected chi connectivity index (χ3v) is 2.05. The van der Waals surface area contributed by atoms with Crippen LogP contribution in [0.2, 0.25) is 0 Å². The smallest absolute Gasteiger partial charge is 0.119 e. The van der Waals surface area contributed by atoms with Crippen molar-refractivity contribution in [3.8, 4) is 5.75 Å². The zero-order valence-electron chi connectivity index (χ0n) is 9.96. The Morgan fingerprint density at radius 2 is 2.00 bits per heavy atom. The number of hydrogen-bond acceptors (Lipinski definition) is 4. The molecule has 2 N–H and O–H groups in total. The van der Waals surface area contributed by atoms with Crippen LogP contribution in [-0.2, 0) is 4.74 Å². The molecule has 0 fully saturated rings. The molecule has 0 amide bonds. The first-order valence-electron chi connectivity index (χ1n) is 5.38. The van der Waals surface area contributed by atoms with E-state index in [1.165, 1.54) is 0 Å². The molecule has 4 nitrogen and oxygen atoms in total. The van der Waals surface area contributed by atoms with E-state index in [0.717, 1.165) is 12.3 Å². The van der Waals surface area contributed by atoms with Crippen LogP contribution in [0.25, 0.3) is 0 Å². The SMILES string of the molecule is COCCNCC(O)COc1ccccc1.Cl. The highest BCUT2D eigenvalue weighted by Gasteiger charge is 2.03. The molecule has 1 aromatic carbocycles. The lowest BCUT2D eigenvalue weighted by Crippen LogP contribution is -2.33. The molecule has 5 heteroatoms. The summed E-state index contributed by atoms with van der Waals surface area (Å²) in [5, 5.41) is 12.6. The van der Waals surface area contributed by atoms with Crippen molar-refractivity contribution in [3.05, 3.63) is 30.3 Å². The number of halogens is 1. The molecule has 1 unspecified atom stereocenters. The van der Waals surface area contributed by atoms with Gasteiger partial charge in [-0.15, -0.1) is 12.4 Å². The molecule has 0 aromatic heterocycles. The molecular weight excluding hydrogens is 242 g/mol. The molecule has 0 saturated heterocycles. The van der Waals surface area contributed by atoms with Crippen LogP contribution in [0, 0.1) is 0 Å². The average molecular weight is 262 g/mol. The summed E-state index contributed by atoms with van der Waals surface area (Å²) < 4.78 is 10.3. The molecule has 1 aromatic rings. The number of nitrogens with one attached hydrogen (secondary N) is 1. The van der Waals surface area contributed by atoms with Gasteiger partial charge in [-0.3, -0.25) is 0 Å². The van der Waals surface area contributed by atoms with Gasteiger partial charge in [0.25, 0.3) is 0 Å². The Morgan fingerprint density at radius 3 is 2.65 bits per heavy atom. The number of benzene rings is 1. The van der Waals surface area contributed by atoms with Crippen molar-refractivity contribution in [1.82, 2.24) is 5.32 Å². The Kier molecular flexibility index (Phi) is 9.86. The first-order valence-corrected chi connectivity index (χ1v) is 5.38. The van der Waals surface area contributed by atoms with E-state index in [9.17, 15) is 5.11 Å². The Morgan fingerprint density at radius 1 is 1.29 bits per heavy atom. The standard InChI is InChI=1S/C12H19NO3.ClH/c1-15-8-7-13-9-11(14)10-16-12-5-3-2-4-6-12;/h2-6,11,13-14H,7-10H2,1H3;1H. The van der Waals surface area contributed by atoms with E-state index in [1.54, 1.807) is 7.11 Å². The largest absolute Gasteiger partial charge is 0.491 e. The zero-order chi connectivity index (χ0) is 11.6. The van der Waals surface area contributed by atoms with Crippen molar-refractivity contribution in [1.29, 1.82) is 0 Å². The van der Waals surface area contributed by atoms with Gasteiger partial charge < -0.3 is 19.9 Å². The number of methoxy groups -OCH3 is 1. The monoisotopic (exact) mass is 261 g/mol. The summed E-state index contributed by atoms with van der Waals surface area (Å²) in [4.78, 5) is 0. The minimum atomic E-state index is -0.503. The third-order valence-electron chi connectivity index (χ3n) is 2.05. The van der Waals surface area contributed by atoms with E-state index in [-0.39, 0.29) is 12.4 Å². The van der Waals surface area contributed by atoms with Crippen LogP contribution in [0.4, 0.5) is 0 Å². The van der Waals surface area contributed by atoms with Crippen LogP contribution in [0.5, 0.6) is 5.75 Å². The Bertz CT molecular complexity index is 272. The van der Waals surface area contributed by atoms with Gasteiger partial charge in [-0.05, 0) is 12.1 Å². The van der Waals surface area contributed by atoms with Crippen molar-refractivity contribution in [3.63, 3.8) is 0 Å². The Hall–Kier alpha value is -0.810. The van der Waals surface area contributed by atoms with Crippen molar-refractivity contribution < 1.29 is 14.6 Å². The molecule has 0 aliphatic rings. The summed E-state index contributed by atoms with van der Waals surface area (Å²) in [6.45, 7) is 2.19. The van der Waals surface area contributed by atoms with E-state index in [1.807, 2.05) is 30.3 Å². The van der Waals surface area contributed by atoms with Crippen LogP contribution in [0.15, 0.2) is 30.3 Å². The lowest BCUT2D eigenvalue weighted by atomic mass is 10.3. The minimum absolute atomic E-state index is 0. The topological polar surface area (TPSA) is 50.7 Å². The second-order valence-electron chi connectivity index (χ2n) is 3.47. The maximum atomic E-state index is 9.58. The second-order valence-corrected chi connectivity index (χ2v) is 3.47. The van der Waals surface area contributed by atoms with E-state index in [4.69, 9.17) is 9.47 Å². The molecule has 98 valence electrons. The maximum absolute atomic E-state index is 9.58. The van der Waals surface area contributed by atoms with Gasteiger partial charge in [0, 0.05) is 20.2 Å². The normalized spacial score (nSPS) is 11.6. The lowest BCUT2D eigenvalue weighted by Gasteiger charge is -2.12. The van der Waals surface area contributed by atoms with Crippen molar-refractivity contribution >= 4 is 12.4 Å². The number of aliphatic hydroxyl groups is 1. The molecule has 1 atom stereocenters. The summed E-state index contributed by atoms with van der Waals surface area (Å²) in [7, 11) is 1.65. The van der Waals surface area contributed by atoms with Gasteiger partial charge in [0.15, 0.2) is 0 Å². The Balaban J connectivity index is 0.00000256. The highest BCUT2D eigenvalue weighted by atomic mass is 35.5. The van der Waals surface area contributed by atoms with Crippen LogP contribution >= 0.6 is 12.4 Å². The van der Waals surface area contributed by atoms with Crippen LogP contribution in [-0.4, -0.2) is 44.6 Å². The Labute approximate surface area is 108 Å². The van der Waals surface area contributed by atoms with Crippen LogP contribution in [0.3, 0.4) is 0 Å². The average Bonchev–Trinajstić information content (AvgIpc) is 2.33. The second kappa shape index (κ2) is 10.4. The predicted molar refractivity (Wildman–Crippen MR) is 69.9 cm³/mol. The number of rotatable bonds is 8. The van der Waals surface area contributed by atoms with Crippen molar-refractivity contribution in [2.24, 2.45) is 0 Å². The molecule has 0 radical (unpaired) electrons. The summed E-state index contributed by atoms with van der Waals surface area (Å²) in [6, 6.07) is 9.46. The van der Waals surface area contributed by atoms with E-state index < -0.39 is 6.10 Å². The lowest BCUT2D eigenvalue weighted by molar-refractivity contribution is 0.103. The molecule has 1 rings (SSSR count). The van der Waals surface area contributed by atoms with Gasteiger partial charge in [0.2, 0.25) is 0 Å². The van der Waals surface area contributed by atoms with Gasteiger partial charge in [-0.1, -0.05) is 18.2 Å². The van der Waals surface area contributed by atoms with Gasteiger partial charge in [-0.2, -0.15) is 0 Å². The number of hydrogen-bond donors (Lipinski definition) is 2. The summed E-state index contributed by atoms with van der Waals surface area (Å²) >= 11 is 0. The summed E-state index contributed by atoms with van der Waals surface area (Å²) in [5.74, 6) is 0.776. The molecule has 0 aliphatic heterocycles. The van der Waals surface area contributed by atoms with E-state index in [0.29, 0.717) is 19.8 Å². The molecule has 0 heterocycles. The highest BCUT2D eigenvalue weighted by Crippen LogP contribution is 2.08. The maximum Gasteiger partial charge on any atom is 0.119 e. The fraction of sp³-hybridized carbons (Fsp3) is 0.500. The molecule has 0 saturated carbocycles. The van der Waals surface area contributed by atoms with E-state index >= 15 is 0 Å². The summed E-state index contributed by atoms with van der Waals surface area (Å²) in [5.41, 5.74) is 0. The first kappa shape index (κ1) is 16.2. The highest BCUT2D eigenvalue weighted by molar-refractivity contribution is 5.85. The first-order chi connectivity index (χ1) is 7.83. The van der Waals surface area contributed by atoms with Crippen molar-refractivity contribution in [2.75, 3.05) is 33.4 Å². The third kappa shape index (κ3) is 7.99. The van der Waals surface area contributed by atoms with Gasteiger partial charge in [-0.25, -0.2) is 0 Å². The number of ether oxygens (including phenoxy) is 2. The van der Waals surface area contributed by atoms with Gasteiger partial charge in [0.05, 0.1) is 6.61 Å². The molecule has 0 spiro atoms. The molecule has 17 heavy (non-hydrogen) atoms. The predicted octanol–water partition coefficient (Wildman–Crippen LogP) is 1.08. The fourth-order valence-electron chi connectivity index (χ4n) is 1.21. The van der Waals surface area contributed by atoms with Crippen LogP contribution in [0.1, 0.15) is 0 Å². The van der Waals surface area contributed by atoms with Gasteiger partial charge in [0.1, 0.15) is 18.5 Å². The fourth-order valence-corrected chi connectivity index (χ4v) is 1.21.